The predicted octanol–water partition coefficient (Wildman–Crippen LogP) is 4.77. The summed E-state index contributed by atoms with van der Waals surface area (Å²) in [6, 6.07) is 19.7. The molecule has 0 aliphatic heterocycles. The van der Waals surface area contributed by atoms with Gasteiger partial charge in [-0.3, -0.25) is 4.79 Å². The lowest BCUT2D eigenvalue weighted by Crippen LogP contribution is -2.32. The molecule has 0 bridgehead atoms. The Labute approximate surface area is 211 Å². The van der Waals surface area contributed by atoms with Crippen molar-refractivity contribution in [2.75, 3.05) is 6.54 Å². The van der Waals surface area contributed by atoms with Gasteiger partial charge in [-0.05, 0) is 66.9 Å². The molecule has 2 N–H and O–H groups in total. The number of benzene rings is 3. The van der Waals surface area contributed by atoms with Gasteiger partial charge in [-0.1, -0.05) is 41.9 Å². The van der Waals surface area contributed by atoms with Crippen LogP contribution in [0.3, 0.4) is 0 Å². The van der Waals surface area contributed by atoms with Crippen LogP contribution in [0.4, 0.5) is 0 Å². The maximum atomic E-state index is 13.0. The fourth-order valence-corrected chi connectivity index (χ4v) is 4.88. The van der Waals surface area contributed by atoms with E-state index in [4.69, 9.17) is 16.3 Å². The zero-order valence-corrected chi connectivity index (χ0v) is 21.2. The third-order valence-corrected chi connectivity index (χ3v) is 7.05. The number of rotatable bonds is 9. The molecule has 3 aromatic carbocycles. The number of carbonyl (C=O) groups is 1. The van der Waals surface area contributed by atoms with Crippen LogP contribution in [0.5, 0.6) is 5.75 Å². The molecule has 0 saturated heterocycles. The highest BCUT2D eigenvalue weighted by atomic mass is 35.5. The molecule has 0 heterocycles. The summed E-state index contributed by atoms with van der Waals surface area (Å²) in [5.41, 5.74) is 1.70. The first-order chi connectivity index (χ1) is 15.6. The molecule has 6 nitrogen and oxygen atoms in total. The van der Waals surface area contributed by atoms with Crippen LogP contribution in [-0.2, 0) is 21.1 Å². The van der Waals surface area contributed by atoms with Gasteiger partial charge in [0.25, 0.3) is 0 Å². The summed E-state index contributed by atoms with van der Waals surface area (Å²) in [7, 11) is -3.75. The number of esters is 1. The predicted molar refractivity (Wildman–Crippen MR) is 134 cm³/mol. The fraction of sp³-hybridized carbons (Fsp3) is 0.240. The summed E-state index contributed by atoms with van der Waals surface area (Å²) in [6.07, 6.45) is -0.0220. The monoisotopic (exact) mass is 523 g/mol. The lowest BCUT2D eigenvalue weighted by molar-refractivity contribution is -0.131. The Morgan fingerprint density at radius 3 is 2.35 bits per heavy atom. The van der Waals surface area contributed by atoms with Crippen molar-refractivity contribution < 1.29 is 23.1 Å². The van der Waals surface area contributed by atoms with Crippen molar-refractivity contribution in [2.24, 2.45) is 0 Å². The van der Waals surface area contributed by atoms with E-state index < -0.39 is 21.9 Å². The first-order valence-corrected chi connectivity index (χ1v) is 12.3. The molecule has 3 rings (SSSR count). The van der Waals surface area contributed by atoms with E-state index in [1.807, 2.05) is 13.0 Å². The number of ether oxygens (including phenoxy) is 1. The highest BCUT2D eigenvalue weighted by molar-refractivity contribution is 7.91. The lowest BCUT2D eigenvalue weighted by Gasteiger charge is -2.18. The van der Waals surface area contributed by atoms with E-state index in [0.717, 1.165) is 11.1 Å². The Balaban J connectivity index is 0.00000408. The van der Waals surface area contributed by atoms with Gasteiger partial charge in [-0.2, -0.15) is 0 Å². The van der Waals surface area contributed by atoms with E-state index in [1.54, 1.807) is 42.5 Å². The minimum absolute atomic E-state index is 0. The van der Waals surface area contributed by atoms with Crippen molar-refractivity contribution in [1.29, 1.82) is 0 Å². The van der Waals surface area contributed by atoms with Crippen LogP contribution in [-0.4, -0.2) is 32.1 Å². The molecule has 34 heavy (non-hydrogen) atoms. The Morgan fingerprint density at radius 2 is 1.71 bits per heavy atom. The Morgan fingerprint density at radius 1 is 1.03 bits per heavy atom. The van der Waals surface area contributed by atoms with Crippen molar-refractivity contribution in [3.05, 3.63) is 88.9 Å². The largest absolute Gasteiger partial charge is 0.427 e. The molecule has 0 spiro atoms. The maximum Gasteiger partial charge on any atom is 0.308 e. The number of nitrogens with one attached hydrogen (secondary N) is 1. The number of halogens is 2. The first-order valence-electron chi connectivity index (χ1n) is 10.4. The number of hydrogen-bond acceptors (Lipinski definition) is 6. The Hall–Kier alpha value is -2.42. The average molecular weight is 524 g/mol. The number of sulfone groups is 1. The second-order valence-corrected chi connectivity index (χ2v) is 10.2. The van der Waals surface area contributed by atoms with Crippen molar-refractivity contribution >= 4 is 39.8 Å². The molecule has 9 heteroatoms. The second kappa shape index (κ2) is 12.3. The van der Waals surface area contributed by atoms with Crippen LogP contribution in [0.15, 0.2) is 82.6 Å². The number of hydrogen-bond donors (Lipinski definition) is 2. The SMILES string of the molecule is CC(=O)Oc1cccc(S(=O)(=O)c2ccc(C[C@@H](C)NC[C@@H](O)c3cccc(Cl)c3)cc2)c1.Cl. The van der Waals surface area contributed by atoms with E-state index in [1.165, 1.54) is 31.2 Å². The van der Waals surface area contributed by atoms with Gasteiger partial charge in [0.15, 0.2) is 0 Å². The minimum atomic E-state index is -3.75. The van der Waals surface area contributed by atoms with E-state index in [9.17, 15) is 18.3 Å². The molecule has 0 aliphatic carbocycles. The highest BCUT2D eigenvalue weighted by Gasteiger charge is 2.19. The normalized spacial score (nSPS) is 12.9. The zero-order valence-electron chi connectivity index (χ0n) is 18.8. The third-order valence-electron chi connectivity index (χ3n) is 5.05. The van der Waals surface area contributed by atoms with Gasteiger partial charge in [0.05, 0.1) is 15.9 Å². The number of aliphatic hydroxyl groups excluding tert-OH is 1. The summed E-state index contributed by atoms with van der Waals surface area (Å²) in [4.78, 5) is 11.4. The zero-order chi connectivity index (χ0) is 24.0. The molecule has 0 saturated carbocycles. The Kier molecular flexibility index (Phi) is 10.1. The summed E-state index contributed by atoms with van der Waals surface area (Å²) in [6.45, 7) is 3.62. The second-order valence-electron chi connectivity index (χ2n) is 7.80. The smallest absolute Gasteiger partial charge is 0.308 e. The van der Waals surface area contributed by atoms with Gasteiger partial charge in [-0.15, -0.1) is 12.4 Å². The summed E-state index contributed by atoms with van der Waals surface area (Å²) in [5, 5.41) is 14.2. The Bertz CT molecular complexity index is 1220. The molecule has 182 valence electrons. The summed E-state index contributed by atoms with van der Waals surface area (Å²) >= 11 is 5.98. The molecule has 0 unspecified atom stereocenters. The lowest BCUT2D eigenvalue weighted by atomic mass is 10.1. The third kappa shape index (κ3) is 7.55. The van der Waals surface area contributed by atoms with E-state index in [0.29, 0.717) is 18.0 Å². The first kappa shape index (κ1) is 27.8. The molecule has 0 aliphatic rings. The molecule has 2 atom stereocenters. The van der Waals surface area contributed by atoms with Crippen LogP contribution in [0.2, 0.25) is 5.02 Å². The minimum Gasteiger partial charge on any atom is -0.427 e. The van der Waals surface area contributed by atoms with Crippen molar-refractivity contribution in [3.8, 4) is 5.75 Å². The molecule has 0 fully saturated rings. The molecular weight excluding hydrogens is 497 g/mol. The van der Waals surface area contributed by atoms with Crippen LogP contribution in [0, 0.1) is 0 Å². The molecule has 3 aromatic rings. The topological polar surface area (TPSA) is 92.7 Å². The van der Waals surface area contributed by atoms with Crippen molar-refractivity contribution in [1.82, 2.24) is 5.32 Å². The molecular formula is C25H27Cl2NO5S. The van der Waals surface area contributed by atoms with Gasteiger partial charge in [-0.25, -0.2) is 8.42 Å². The van der Waals surface area contributed by atoms with Crippen LogP contribution >= 0.6 is 24.0 Å². The number of aliphatic hydroxyl groups is 1. The molecule has 0 amide bonds. The quantitative estimate of drug-likeness (QED) is 0.309. The van der Waals surface area contributed by atoms with E-state index >= 15 is 0 Å². The van der Waals surface area contributed by atoms with E-state index in [2.05, 4.69) is 5.32 Å². The summed E-state index contributed by atoms with van der Waals surface area (Å²) < 4.78 is 30.9. The van der Waals surface area contributed by atoms with Gasteiger partial charge in [0, 0.05) is 24.5 Å². The van der Waals surface area contributed by atoms with Crippen molar-refractivity contribution in [2.45, 2.75) is 42.2 Å². The van der Waals surface area contributed by atoms with Gasteiger partial charge in [0.1, 0.15) is 5.75 Å². The van der Waals surface area contributed by atoms with Crippen LogP contribution in [0.1, 0.15) is 31.1 Å². The highest BCUT2D eigenvalue weighted by Crippen LogP contribution is 2.25. The van der Waals surface area contributed by atoms with Crippen LogP contribution < -0.4 is 10.1 Å². The summed E-state index contributed by atoms with van der Waals surface area (Å²) in [5.74, 6) is -0.336. The van der Waals surface area contributed by atoms with Gasteiger partial charge < -0.3 is 15.2 Å². The van der Waals surface area contributed by atoms with Crippen LogP contribution in [0.25, 0.3) is 0 Å². The average Bonchev–Trinajstić information content (AvgIpc) is 2.77. The van der Waals surface area contributed by atoms with Crippen molar-refractivity contribution in [3.63, 3.8) is 0 Å². The van der Waals surface area contributed by atoms with Gasteiger partial charge >= 0.3 is 5.97 Å². The van der Waals surface area contributed by atoms with Gasteiger partial charge in [0.2, 0.25) is 9.84 Å². The number of carbonyl (C=O) groups excluding carboxylic acids is 1. The fourth-order valence-electron chi connectivity index (χ4n) is 3.38. The van der Waals surface area contributed by atoms with E-state index in [-0.39, 0.29) is 34.0 Å². The molecule has 0 aromatic heterocycles. The molecule has 0 radical (unpaired) electrons. The standard InChI is InChI=1S/C25H26ClNO5S.ClH/c1-17(27-16-25(29)20-5-3-6-21(26)14-20)13-19-9-11-23(12-10-19)33(30,31)24-8-4-7-22(15-24)32-18(2)28;/h3-12,14-15,17,25,27,29H,13,16H2,1-2H3;1H/t17-,25-;/m1./s1. The maximum absolute atomic E-state index is 13.0.